The number of ketones is 1. The van der Waals surface area contributed by atoms with Crippen LogP contribution in [0, 0.1) is 12.7 Å². The second kappa shape index (κ2) is 12.6. The van der Waals surface area contributed by atoms with Gasteiger partial charge in [0.1, 0.15) is 11.9 Å². The van der Waals surface area contributed by atoms with E-state index in [9.17, 15) is 32.3 Å². The first-order valence-corrected chi connectivity index (χ1v) is 12.1. The van der Waals surface area contributed by atoms with Gasteiger partial charge < -0.3 is 23.9 Å². The summed E-state index contributed by atoms with van der Waals surface area (Å²) >= 11 is 5.94. The molecule has 40 heavy (non-hydrogen) atoms. The summed E-state index contributed by atoms with van der Waals surface area (Å²) in [5, 5.41) is 12.1. The first-order valence-electron chi connectivity index (χ1n) is 11.7. The molecule has 0 bridgehead atoms. The summed E-state index contributed by atoms with van der Waals surface area (Å²) in [7, 11) is 0. The fourth-order valence-electron chi connectivity index (χ4n) is 4.26. The summed E-state index contributed by atoms with van der Waals surface area (Å²) in [5.74, 6) is -3.48. The summed E-state index contributed by atoms with van der Waals surface area (Å²) < 4.78 is 64.2. The van der Waals surface area contributed by atoms with E-state index in [0.717, 1.165) is 12.1 Å². The molecule has 1 atom stereocenters. The van der Waals surface area contributed by atoms with Crippen LogP contribution >= 0.6 is 11.6 Å². The van der Waals surface area contributed by atoms with Crippen LogP contribution in [0.5, 0.6) is 11.5 Å². The zero-order valence-electron chi connectivity index (χ0n) is 21.6. The molecule has 0 fully saturated rings. The molecular weight excluding hydrogens is 565 g/mol. The van der Waals surface area contributed by atoms with Crippen molar-refractivity contribution in [2.45, 2.75) is 39.3 Å². The molecule has 0 aliphatic carbocycles. The number of halogens is 5. The number of nitrogens with zero attached hydrogens (tertiary/aromatic N) is 1. The maximum atomic E-state index is 14.4. The third kappa shape index (κ3) is 6.98. The minimum Gasteiger partial charge on any atom is -0.546 e. The molecule has 1 unspecified atom stereocenters. The van der Waals surface area contributed by atoms with Crippen molar-refractivity contribution in [2.75, 3.05) is 0 Å². The standard InChI is InChI=1S/C28H22ClF4NO5.Na/c1-3-23(27(36)37)38-24-12-16(4-11-21(24)30)14-34-15(2)25(26(35)17-5-7-18(29)8-6-17)20-10-9-19(13-22(20)34)39-28(31,32)33;/h4-13,23H,3,14H2,1-2H3,(H,36,37);/q;+1/p-1. The van der Waals surface area contributed by atoms with Crippen molar-refractivity contribution < 1.29 is 71.3 Å². The van der Waals surface area contributed by atoms with Gasteiger partial charge in [0, 0.05) is 34.3 Å². The number of carbonyl (C=O) groups is 2. The van der Waals surface area contributed by atoms with Gasteiger partial charge in [-0.1, -0.05) is 24.6 Å². The van der Waals surface area contributed by atoms with Gasteiger partial charge in [0.2, 0.25) is 0 Å². The molecule has 0 aliphatic rings. The minimum absolute atomic E-state index is 0. The van der Waals surface area contributed by atoms with Crippen molar-refractivity contribution in [3.05, 3.63) is 93.9 Å². The number of aliphatic carboxylic acids is 1. The van der Waals surface area contributed by atoms with Crippen LogP contribution in [0.1, 0.15) is 40.5 Å². The fraction of sp³-hybridized carbons (Fsp3) is 0.214. The van der Waals surface area contributed by atoms with Crippen molar-refractivity contribution in [1.29, 1.82) is 0 Å². The number of carboxylic acids is 1. The van der Waals surface area contributed by atoms with E-state index in [-0.39, 0.29) is 65.1 Å². The van der Waals surface area contributed by atoms with E-state index in [1.54, 1.807) is 35.8 Å². The third-order valence-corrected chi connectivity index (χ3v) is 6.35. The minimum atomic E-state index is -4.93. The Morgan fingerprint density at radius 1 is 1.05 bits per heavy atom. The number of ether oxygens (including phenoxy) is 2. The summed E-state index contributed by atoms with van der Waals surface area (Å²) in [6.07, 6.45) is -6.28. The number of hydrogen-bond acceptors (Lipinski definition) is 5. The van der Waals surface area contributed by atoms with Crippen LogP contribution in [-0.2, 0) is 11.3 Å². The molecule has 1 heterocycles. The monoisotopic (exact) mass is 585 g/mol. The van der Waals surface area contributed by atoms with E-state index in [1.807, 2.05) is 0 Å². The summed E-state index contributed by atoms with van der Waals surface area (Å²) in [4.78, 5) is 24.7. The fourth-order valence-corrected chi connectivity index (χ4v) is 4.39. The average Bonchev–Trinajstić information content (AvgIpc) is 3.13. The van der Waals surface area contributed by atoms with Gasteiger partial charge in [-0.3, -0.25) is 4.79 Å². The van der Waals surface area contributed by atoms with Crippen molar-refractivity contribution in [2.24, 2.45) is 0 Å². The van der Waals surface area contributed by atoms with Crippen LogP contribution in [0.2, 0.25) is 5.02 Å². The van der Waals surface area contributed by atoms with Crippen LogP contribution in [-0.4, -0.2) is 28.8 Å². The SMILES string of the molecule is CCC(Oc1cc(Cn2c(C)c(C(=O)c3ccc(Cl)cc3)c3ccc(OC(F)(F)F)cc32)ccc1F)C(=O)[O-].[Na+]. The second-order valence-corrected chi connectivity index (χ2v) is 9.14. The first-order chi connectivity index (χ1) is 18.4. The summed E-state index contributed by atoms with van der Waals surface area (Å²) in [6, 6.07) is 13.6. The van der Waals surface area contributed by atoms with Gasteiger partial charge in [-0.15, -0.1) is 13.2 Å². The van der Waals surface area contributed by atoms with E-state index < -0.39 is 30.0 Å². The number of hydrogen-bond donors (Lipinski definition) is 0. The van der Waals surface area contributed by atoms with Gasteiger partial charge in [-0.2, -0.15) is 0 Å². The van der Waals surface area contributed by atoms with Crippen molar-refractivity contribution >= 4 is 34.3 Å². The van der Waals surface area contributed by atoms with Crippen LogP contribution in [0.3, 0.4) is 0 Å². The topological polar surface area (TPSA) is 80.6 Å². The molecule has 204 valence electrons. The Morgan fingerprint density at radius 3 is 2.33 bits per heavy atom. The largest absolute Gasteiger partial charge is 1.00 e. The molecule has 4 aromatic rings. The van der Waals surface area contributed by atoms with E-state index in [1.165, 1.54) is 31.2 Å². The van der Waals surface area contributed by atoms with Crippen LogP contribution in [0.4, 0.5) is 17.6 Å². The van der Waals surface area contributed by atoms with Crippen LogP contribution in [0.15, 0.2) is 60.7 Å². The zero-order chi connectivity index (χ0) is 28.5. The Hall–Kier alpha value is -3.05. The number of alkyl halides is 3. The molecule has 0 aliphatic heterocycles. The molecule has 0 saturated carbocycles. The molecule has 0 amide bonds. The summed E-state index contributed by atoms with van der Waals surface area (Å²) in [6.45, 7) is 3.17. The Labute approximate surface area is 253 Å². The first kappa shape index (κ1) is 31.5. The van der Waals surface area contributed by atoms with Crippen LogP contribution < -0.4 is 44.1 Å². The Kier molecular flexibility index (Phi) is 9.94. The van der Waals surface area contributed by atoms with Crippen molar-refractivity contribution in [1.82, 2.24) is 4.57 Å². The molecule has 0 saturated heterocycles. The molecule has 0 N–H and O–H groups in total. The van der Waals surface area contributed by atoms with Gasteiger partial charge >= 0.3 is 35.9 Å². The predicted molar refractivity (Wildman–Crippen MR) is 133 cm³/mol. The maximum Gasteiger partial charge on any atom is 1.00 e. The molecule has 6 nitrogen and oxygen atoms in total. The number of rotatable bonds is 9. The molecule has 0 radical (unpaired) electrons. The Bertz CT molecular complexity index is 1550. The normalized spacial score (nSPS) is 12.1. The van der Waals surface area contributed by atoms with E-state index in [2.05, 4.69) is 4.74 Å². The number of carboxylic acid groups (broad SMARTS) is 1. The van der Waals surface area contributed by atoms with Crippen LogP contribution in [0.25, 0.3) is 10.9 Å². The molecule has 1 aromatic heterocycles. The van der Waals surface area contributed by atoms with Gasteiger partial charge in [0.05, 0.1) is 17.0 Å². The van der Waals surface area contributed by atoms with Gasteiger partial charge in [0.25, 0.3) is 0 Å². The Morgan fingerprint density at radius 2 is 1.73 bits per heavy atom. The van der Waals surface area contributed by atoms with Gasteiger partial charge in [0.15, 0.2) is 17.3 Å². The van der Waals surface area contributed by atoms with E-state index in [0.29, 0.717) is 27.2 Å². The van der Waals surface area contributed by atoms with Crippen molar-refractivity contribution in [3.8, 4) is 11.5 Å². The third-order valence-electron chi connectivity index (χ3n) is 6.10. The number of carbonyl (C=O) groups excluding carboxylic acids is 2. The molecule has 3 aromatic carbocycles. The number of benzene rings is 3. The predicted octanol–water partition coefficient (Wildman–Crippen LogP) is 2.83. The quantitative estimate of drug-likeness (QED) is 0.172. The summed E-state index contributed by atoms with van der Waals surface area (Å²) in [5.41, 5.74) is 1.71. The van der Waals surface area contributed by atoms with E-state index >= 15 is 0 Å². The number of aromatic nitrogens is 1. The maximum absolute atomic E-state index is 14.4. The number of fused-ring (bicyclic) bond motifs is 1. The van der Waals surface area contributed by atoms with Gasteiger partial charge in [-0.25, -0.2) is 4.39 Å². The van der Waals surface area contributed by atoms with E-state index in [4.69, 9.17) is 16.3 Å². The average molecular weight is 586 g/mol. The smallest absolute Gasteiger partial charge is 0.546 e. The second-order valence-electron chi connectivity index (χ2n) is 8.71. The van der Waals surface area contributed by atoms with Gasteiger partial charge in [-0.05, 0) is 67.4 Å². The zero-order valence-corrected chi connectivity index (χ0v) is 24.4. The molecular formula is C28H21ClF4NNaO5. The molecule has 4 rings (SSSR count). The molecule has 0 spiro atoms. The Balaban J connectivity index is 0.00000441. The molecule has 12 heteroatoms. The van der Waals surface area contributed by atoms with Crippen molar-refractivity contribution in [3.63, 3.8) is 0 Å².